The maximum Gasteiger partial charge on any atom is 0.251 e. The molecule has 3 heteroatoms. The summed E-state index contributed by atoms with van der Waals surface area (Å²) in [5.41, 5.74) is 0.637. The number of benzene rings is 1. The molecular weight excluding hydrogens is 226 g/mol. The van der Waals surface area contributed by atoms with Crippen LogP contribution in [-0.4, -0.2) is 19.1 Å². The lowest BCUT2D eigenvalue weighted by Crippen LogP contribution is -2.22. The first-order chi connectivity index (χ1) is 8.77. The standard InChI is InChI=1S/C15H21NO2/c1-3-5-6-12-18-14-9-7-13(8-10-14)15(17)16-11-4-2/h4,7-10H,2-3,5-6,11-12H2,1H3,(H,16,17). The molecule has 0 unspecified atom stereocenters. The van der Waals surface area contributed by atoms with Crippen LogP contribution in [-0.2, 0) is 0 Å². The monoisotopic (exact) mass is 247 g/mol. The highest BCUT2D eigenvalue weighted by Crippen LogP contribution is 2.12. The summed E-state index contributed by atoms with van der Waals surface area (Å²) in [7, 11) is 0. The summed E-state index contributed by atoms with van der Waals surface area (Å²) in [6.07, 6.45) is 5.09. The Morgan fingerprint density at radius 2 is 2.06 bits per heavy atom. The molecule has 0 aliphatic rings. The molecule has 3 nitrogen and oxygen atoms in total. The predicted octanol–water partition coefficient (Wildman–Crippen LogP) is 3.17. The van der Waals surface area contributed by atoms with Crippen molar-refractivity contribution in [1.82, 2.24) is 5.32 Å². The van der Waals surface area contributed by atoms with Crippen LogP contribution in [0.3, 0.4) is 0 Å². The summed E-state index contributed by atoms with van der Waals surface area (Å²) in [6, 6.07) is 7.20. The lowest BCUT2D eigenvalue weighted by Gasteiger charge is -2.07. The molecule has 0 atom stereocenters. The third-order valence-electron chi connectivity index (χ3n) is 2.54. The quantitative estimate of drug-likeness (QED) is 0.566. The first kappa shape index (κ1) is 14.3. The van der Waals surface area contributed by atoms with Gasteiger partial charge in [0.15, 0.2) is 0 Å². The van der Waals surface area contributed by atoms with Crippen LogP contribution in [0, 0.1) is 0 Å². The molecule has 1 N–H and O–H groups in total. The van der Waals surface area contributed by atoms with Crippen molar-refractivity contribution in [3.63, 3.8) is 0 Å². The van der Waals surface area contributed by atoms with Gasteiger partial charge in [-0.3, -0.25) is 4.79 Å². The van der Waals surface area contributed by atoms with Gasteiger partial charge in [0.25, 0.3) is 5.91 Å². The average molecular weight is 247 g/mol. The zero-order valence-electron chi connectivity index (χ0n) is 10.9. The van der Waals surface area contributed by atoms with Gasteiger partial charge in [0.05, 0.1) is 6.61 Å². The molecular formula is C15H21NO2. The van der Waals surface area contributed by atoms with Gasteiger partial charge in [-0.25, -0.2) is 0 Å². The Morgan fingerprint density at radius 3 is 2.67 bits per heavy atom. The molecule has 0 spiro atoms. The molecule has 0 aromatic heterocycles. The predicted molar refractivity (Wildman–Crippen MR) is 74.0 cm³/mol. The van der Waals surface area contributed by atoms with Gasteiger partial charge in [-0.2, -0.15) is 0 Å². The summed E-state index contributed by atoms with van der Waals surface area (Å²) >= 11 is 0. The number of rotatable bonds is 8. The van der Waals surface area contributed by atoms with Gasteiger partial charge in [-0.05, 0) is 30.7 Å². The molecule has 0 saturated heterocycles. The van der Waals surface area contributed by atoms with Crippen molar-refractivity contribution >= 4 is 5.91 Å². The maximum atomic E-state index is 11.6. The van der Waals surface area contributed by atoms with Crippen LogP contribution in [0.15, 0.2) is 36.9 Å². The fourth-order valence-electron chi connectivity index (χ4n) is 1.51. The Bertz CT molecular complexity index is 371. The molecule has 0 radical (unpaired) electrons. The molecule has 18 heavy (non-hydrogen) atoms. The zero-order chi connectivity index (χ0) is 13.2. The van der Waals surface area contributed by atoms with E-state index >= 15 is 0 Å². The third kappa shape index (κ3) is 5.04. The van der Waals surface area contributed by atoms with Crippen LogP contribution >= 0.6 is 0 Å². The Kier molecular flexibility index (Phi) is 6.62. The van der Waals surface area contributed by atoms with E-state index < -0.39 is 0 Å². The van der Waals surface area contributed by atoms with Crippen molar-refractivity contribution in [3.05, 3.63) is 42.5 Å². The lowest BCUT2D eigenvalue weighted by molar-refractivity contribution is 0.0958. The highest BCUT2D eigenvalue weighted by Gasteiger charge is 2.03. The minimum atomic E-state index is -0.0903. The molecule has 1 amide bonds. The van der Waals surface area contributed by atoms with E-state index in [2.05, 4.69) is 18.8 Å². The van der Waals surface area contributed by atoms with Crippen LogP contribution in [0.4, 0.5) is 0 Å². The average Bonchev–Trinajstić information content (AvgIpc) is 2.41. The fourth-order valence-corrected chi connectivity index (χ4v) is 1.51. The van der Waals surface area contributed by atoms with Gasteiger partial charge in [0.2, 0.25) is 0 Å². The van der Waals surface area contributed by atoms with E-state index in [0.717, 1.165) is 18.8 Å². The Hall–Kier alpha value is -1.77. The molecule has 0 aliphatic heterocycles. The van der Waals surface area contributed by atoms with Gasteiger partial charge >= 0.3 is 0 Å². The normalized spacial score (nSPS) is 9.83. The van der Waals surface area contributed by atoms with E-state index in [1.54, 1.807) is 18.2 Å². The lowest BCUT2D eigenvalue weighted by atomic mass is 10.2. The SMILES string of the molecule is C=CCNC(=O)c1ccc(OCCCCC)cc1. The van der Waals surface area contributed by atoms with Crippen molar-refractivity contribution in [2.75, 3.05) is 13.2 Å². The molecule has 0 fully saturated rings. The van der Waals surface area contributed by atoms with Gasteiger partial charge in [0, 0.05) is 12.1 Å². The van der Waals surface area contributed by atoms with Crippen molar-refractivity contribution in [2.45, 2.75) is 26.2 Å². The maximum absolute atomic E-state index is 11.6. The molecule has 98 valence electrons. The number of hydrogen-bond acceptors (Lipinski definition) is 2. The van der Waals surface area contributed by atoms with Crippen molar-refractivity contribution in [1.29, 1.82) is 0 Å². The molecule has 1 aromatic rings. The van der Waals surface area contributed by atoms with Crippen LogP contribution in [0.2, 0.25) is 0 Å². The molecule has 0 saturated carbocycles. The summed E-state index contributed by atoms with van der Waals surface area (Å²) in [4.78, 5) is 11.6. The second-order valence-electron chi connectivity index (χ2n) is 4.08. The molecule has 0 bridgehead atoms. The summed E-state index contributed by atoms with van der Waals surface area (Å²) < 4.78 is 5.58. The molecule has 1 rings (SSSR count). The fraction of sp³-hybridized carbons (Fsp3) is 0.400. The topological polar surface area (TPSA) is 38.3 Å². The Balaban J connectivity index is 2.41. The number of amides is 1. The second-order valence-corrected chi connectivity index (χ2v) is 4.08. The van der Waals surface area contributed by atoms with Gasteiger partial charge < -0.3 is 10.1 Å². The van der Waals surface area contributed by atoms with Crippen LogP contribution in [0.1, 0.15) is 36.5 Å². The molecule has 0 heterocycles. The van der Waals surface area contributed by atoms with E-state index in [4.69, 9.17) is 4.74 Å². The van der Waals surface area contributed by atoms with E-state index in [0.29, 0.717) is 12.1 Å². The largest absolute Gasteiger partial charge is 0.494 e. The number of nitrogens with one attached hydrogen (secondary N) is 1. The number of hydrogen-bond donors (Lipinski definition) is 1. The van der Waals surface area contributed by atoms with E-state index in [1.807, 2.05) is 12.1 Å². The molecule has 0 aliphatic carbocycles. The van der Waals surface area contributed by atoms with Crippen LogP contribution < -0.4 is 10.1 Å². The van der Waals surface area contributed by atoms with Gasteiger partial charge in [-0.15, -0.1) is 6.58 Å². The second kappa shape index (κ2) is 8.34. The highest BCUT2D eigenvalue weighted by atomic mass is 16.5. The van der Waals surface area contributed by atoms with Crippen LogP contribution in [0.25, 0.3) is 0 Å². The van der Waals surface area contributed by atoms with Gasteiger partial charge in [-0.1, -0.05) is 25.8 Å². The summed E-state index contributed by atoms with van der Waals surface area (Å²) in [5, 5.41) is 2.73. The third-order valence-corrected chi connectivity index (χ3v) is 2.54. The van der Waals surface area contributed by atoms with Crippen LogP contribution in [0.5, 0.6) is 5.75 Å². The highest BCUT2D eigenvalue weighted by molar-refractivity contribution is 5.94. The first-order valence-electron chi connectivity index (χ1n) is 6.40. The van der Waals surface area contributed by atoms with Gasteiger partial charge in [0.1, 0.15) is 5.75 Å². The van der Waals surface area contributed by atoms with E-state index in [-0.39, 0.29) is 5.91 Å². The summed E-state index contributed by atoms with van der Waals surface area (Å²) in [5.74, 6) is 0.721. The molecule has 1 aromatic carbocycles. The van der Waals surface area contributed by atoms with Crippen molar-refractivity contribution in [2.24, 2.45) is 0 Å². The number of ether oxygens (including phenoxy) is 1. The smallest absolute Gasteiger partial charge is 0.251 e. The van der Waals surface area contributed by atoms with E-state index in [9.17, 15) is 4.79 Å². The number of carbonyl (C=O) groups excluding carboxylic acids is 1. The Morgan fingerprint density at radius 1 is 1.33 bits per heavy atom. The number of unbranched alkanes of at least 4 members (excludes halogenated alkanes) is 2. The minimum absolute atomic E-state index is 0.0903. The minimum Gasteiger partial charge on any atom is -0.494 e. The summed E-state index contributed by atoms with van der Waals surface area (Å²) in [6.45, 7) is 6.93. The van der Waals surface area contributed by atoms with E-state index in [1.165, 1.54) is 12.8 Å². The van der Waals surface area contributed by atoms with Crippen molar-refractivity contribution < 1.29 is 9.53 Å². The first-order valence-corrected chi connectivity index (χ1v) is 6.40. The van der Waals surface area contributed by atoms with Crippen molar-refractivity contribution in [3.8, 4) is 5.75 Å². The zero-order valence-corrected chi connectivity index (χ0v) is 10.9. The number of carbonyl (C=O) groups is 1. The Labute approximate surface area is 109 Å².